The highest BCUT2D eigenvalue weighted by atomic mass is 79.9. The Kier molecular flexibility index (Phi) is 4.16. The van der Waals surface area contributed by atoms with Crippen LogP contribution in [0.2, 0.25) is 0 Å². The fraction of sp³-hybridized carbons (Fsp3) is 0.500. The molecule has 1 unspecified atom stereocenters. The van der Waals surface area contributed by atoms with E-state index in [0.29, 0.717) is 13.1 Å². The van der Waals surface area contributed by atoms with Crippen LogP contribution in [0.25, 0.3) is 0 Å². The van der Waals surface area contributed by atoms with Crippen molar-refractivity contribution in [2.24, 2.45) is 5.41 Å². The van der Waals surface area contributed by atoms with E-state index in [9.17, 15) is 9.90 Å². The summed E-state index contributed by atoms with van der Waals surface area (Å²) in [6.45, 7) is 5.35. The molecule has 0 radical (unpaired) electrons. The number of nitrogens with zero attached hydrogens (tertiary/aromatic N) is 1. The largest absolute Gasteiger partial charge is 0.394 e. The average molecular weight is 327 g/mol. The van der Waals surface area contributed by atoms with Crippen molar-refractivity contribution in [1.29, 1.82) is 0 Å². The lowest BCUT2D eigenvalue weighted by Gasteiger charge is -2.34. The summed E-state index contributed by atoms with van der Waals surface area (Å²) in [5.74, 6) is -0.121. The third-order valence-electron chi connectivity index (χ3n) is 3.35. The molecule has 4 nitrogen and oxygen atoms in total. The van der Waals surface area contributed by atoms with Crippen molar-refractivity contribution in [3.63, 3.8) is 0 Å². The van der Waals surface area contributed by atoms with Crippen LogP contribution in [-0.4, -0.2) is 36.8 Å². The second-order valence-corrected chi connectivity index (χ2v) is 6.51. The van der Waals surface area contributed by atoms with Gasteiger partial charge in [-0.15, -0.1) is 0 Å². The van der Waals surface area contributed by atoms with Crippen molar-refractivity contribution in [2.75, 3.05) is 24.6 Å². The van der Waals surface area contributed by atoms with Crippen molar-refractivity contribution in [3.05, 3.63) is 28.7 Å². The van der Waals surface area contributed by atoms with Gasteiger partial charge in [0.1, 0.15) is 6.04 Å². The molecule has 2 N–H and O–H groups in total. The summed E-state index contributed by atoms with van der Waals surface area (Å²) in [5.41, 5.74) is 0.890. The number of benzene rings is 1. The van der Waals surface area contributed by atoms with Gasteiger partial charge in [0, 0.05) is 17.6 Å². The third-order valence-corrected chi connectivity index (χ3v) is 4.02. The highest BCUT2D eigenvalue weighted by molar-refractivity contribution is 9.10. The molecule has 104 valence electrons. The second kappa shape index (κ2) is 5.51. The van der Waals surface area contributed by atoms with Gasteiger partial charge in [-0.05, 0) is 33.5 Å². The van der Waals surface area contributed by atoms with Crippen LogP contribution in [0.1, 0.15) is 13.8 Å². The minimum atomic E-state index is -0.541. The molecule has 0 spiro atoms. The van der Waals surface area contributed by atoms with Crippen molar-refractivity contribution in [2.45, 2.75) is 19.9 Å². The number of carbonyl (C=O) groups excluding carboxylic acids is 1. The number of amides is 1. The number of para-hydroxylation sites is 1. The summed E-state index contributed by atoms with van der Waals surface area (Å²) in [5, 5.41) is 12.5. The van der Waals surface area contributed by atoms with Gasteiger partial charge in [0.2, 0.25) is 5.91 Å². The molecule has 0 aromatic heterocycles. The van der Waals surface area contributed by atoms with E-state index < -0.39 is 6.04 Å². The normalized spacial score (nSPS) is 22.8. The number of aliphatic hydroxyl groups is 1. The zero-order chi connectivity index (χ0) is 14.0. The second-order valence-electron chi connectivity index (χ2n) is 5.66. The van der Waals surface area contributed by atoms with Crippen LogP contribution in [-0.2, 0) is 4.79 Å². The van der Waals surface area contributed by atoms with Gasteiger partial charge >= 0.3 is 0 Å². The molecule has 1 aliphatic rings. The van der Waals surface area contributed by atoms with Crippen molar-refractivity contribution in [1.82, 2.24) is 5.32 Å². The highest BCUT2D eigenvalue weighted by Crippen LogP contribution is 2.31. The maximum absolute atomic E-state index is 12.1. The van der Waals surface area contributed by atoms with E-state index >= 15 is 0 Å². The first-order chi connectivity index (χ1) is 8.94. The van der Waals surface area contributed by atoms with E-state index in [1.165, 1.54) is 0 Å². The Balaban J connectivity index is 2.43. The number of hydrogen-bond donors (Lipinski definition) is 2. The summed E-state index contributed by atoms with van der Waals surface area (Å²) in [6.07, 6.45) is 0. The minimum absolute atomic E-state index is 0.0468. The average Bonchev–Trinajstić information content (AvgIpc) is 2.47. The molecule has 1 aliphatic heterocycles. The number of aliphatic hydroxyl groups excluding tert-OH is 1. The molecule has 1 amide bonds. The standard InChI is InChI=1S/C14H19BrN2O2/c1-14(2)8-16-13(19)12(7-18)17(9-14)11-6-4-3-5-10(11)15/h3-6,12,18H,7-9H2,1-2H3,(H,16,19). The Hall–Kier alpha value is -1.07. The van der Waals surface area contributed by atoms with Gasteiger partial charge in [0.25, 0.3) is 0 Å². The summed E-state index contributed by atoms with van der Waals surface area (Å²) < 4.78 is 0.930. The van der Waals surface area contributed by atoms with Crippen LogP contribution in [0.15, 0.2) is 28.7 Å². The van der Waals surface area contributed by atoms with Crippen molar-refractivity contribution >= 4 is 27.5 Å². The number of nitrogens with one attached hydrogen (secondary N) is 1. The first-order valence-corrected chi connectivity index (χ1v) is 7.14. The molecular weight excluding hydrogens is 308 g/mol. The van der Waals surface area contributed by atoms with Crippen LogP contribution in [0.5, 0.6) is 0 Å². The van der Waals surface area contributed by atoms with E-state index in [2.05, 4.69) is 35.1 Å². The summed E-state index contributed by atoms with van der Waals surface area (Å²) in [7, 11) is 0. The van der Waals surface area contributed by atoms with Crippen LogP contribution < -0.4 is 10.2 Å². The Morgan fingerprint density at radius 3 is 2.79 bits per heavy atom. The number of hydrogen-bond acceptors (Lipinski definition) is 3. The van der Waals surface area contributed by atoms with E-state index in [1.807, 2.05) is 29.2 Å². The molecule has 1 aromatic carbocycles. The van der Waals surface area contributed by atoms with Gasteiger partial charge in [0.05, 0.1) is 12.3 Å². The van der Waals surface area contributed by atoms with Gasteiger partial charge in [-0.3, -0.25) is 4.79 Å². The lowest BCUT2D eigenvalue weighted by molar-refractivity contribution is -0.122. The SMILES string of the molecule is CC1(C)CNC(=O)C(CO)N(c2ccccc2Br)C1. The number of anilines is 1. The van der Waals surface area contributed by atoms with Crippen LogP contribution in [0.3, 0.4) is 0 Å². The van der Waals surface area contributed by atoms with E-state index in [1.54, 1.807) is 0 Å². The van der Waals surface area contributed by atoms with Gasteiger partial charge in [-0.25, -0.2) is 0 Å². The Morgan fingerprint density at radius 2 is 2.16 bits per heavy atom. The zero-order valence-corrected chi connectivity index (χ0v) is 12.8. The molecule has 2 rings (SSSR count). The lowest BCUT2D eigenvalue weighted by atomic mass is 9.93. The van der Waals surface area contributed by atoms with Crippen LogP contribution >= 0.6 is 15.9 Å². The monoisotopic (exact) mass is 326 g/mol. The molecule has 1 heterocycles. The minimum Gasteiger partial charge on any atom is -0.394 e. The smallest absolute Gasteiger partial charge is 0.245 e. The molecular formula is C14H19BrN2O2. The van der Waals surface area contributed by atoms with Crippen molar-refractivity contribution < 1.29 is 9.90 Å². The van der Waals surface area contributed by atoms with E-state index in [-0.39, 0.29) is 17.9 Å². The van der Waals surface area contributed by atoms with Gasteiger partial charge in [-0.2, -0.15) is 0 Å². The van der Waals surface area contributed by atoms with Crippen LogP contribution in [0.4, 0.5) is 5.69 Å². The third kappa shape index (κ3) is 3.09. The molecule has 1 fully saturated rings. The molecule has 1 aromatic rings. The zero-order valence-electron chi connectivity index (χ0n) is 11.2. The first-order valence-electron chi connectivity index (χ1n) is 6.34. The maximum atomic E-state index is 12.1. The molecule has 0 bridgehead atoms. The van der Waals surface area contributed by atoms with E-state index in [0.717, 1.165) is 10.2 Å². The van der Waals surface area contributed by atoms with Crippen LogP contribution in [0, 0.1) is 5.41 Å². The molecule has 1 atom stereocenters. The van der Waals surface area contributed by atoms with Gasteiger partial charge < -0.3 is 15.3 Å². The molecule has 0 saturated carbocycles. The fourth-order valence-corrected chi connectivity index (χ4v) is 2.84. The Morgan fingerprint density at radius 1 is 1.47 bits per heavy atom. The summed E-state index contributed by atoms with van der Waals surface area (Å²) >= 11 is 3.52. The summed E-state index contributed by atoms with van der Waals surface area (Å²) in [4.78, 5) is 14.1. The number of rotatable bonds is 2. The number of halogens is 1. The van der Waals surface area contributed by atoms with Gasteiger partial charge in [-0.1, -0.05) is 26.0 Å². The highest BCUT2D eigenvalue weighted by Gasteiger charge is 2.35. The predicted molar refractivity (Wildman–Crippen MR) is 79.2 cm³/mol. The Bertz CT molecular complexity index is 476. The molecule has 19 heavy (non-hydrogen) atoms. The Labute approximate surface area is 121 Å². The lowest BCUT2D eigenvalue weighted by Crippen LogP contribution is -2.47. The quantitative estimate of drug-likeness (QED) is 0.871. The molecule has 1 saturated heterocycles. The van der Waals surface area contributed by atoms with Crippen molar-refractivity contribution in [3.8, 4) is 0 Å². The fourth-order valence-electron chi connectivity index (χ4n) is 2.33. The topological polar surface area (TPSA) is 52.6 Å². The van der Waals surface area contributed by atoms with E-state index in [4.69, 9.17) is 0 Å². The maximum Gasteiger partial charge on any atom is 0.245 e. The van der Waals surface area contributed by atoms with Gasteiger partial charge in [0.15, 0.2) is 0 Å². The molecule has 5 heteroatoms. The number of carbonyl (C=O) groups is 1. The summed E-state index contributed by atoms with van der Waals surface area (Å²) in [6, 6.07) is 7.23. The first kappa shape index (κ1) is 14.3. The predicted octanol–water partition coefficient (Wildman–Crippen LogP) is 1.77. The molecule has 0 aliphatic carbocycles.